The summed E-state index contributed by atoms with van der Waals surface area (Å²) in [5.74, 6) is -0.198. The topological polar surface area (TPSA) is 51.0 Å². The molecule has 0 fully saturated rings. The first-order valence-electron chi connectivity index (χ1n) is 6.59. The molecular weight excluding hydrogens is 342 g/mol. The number of hydrogen-bond donors (Lipinski definition) is 0. The minimum absolute atomic E-state index is 0.0124. The van der Waals surface area contributed by atoms with Gasteiger partial charge >= 0.3 is 6.55 Å². The van der Waals surface area contributed by atoms with Crippen molar-refractivity contribution in [1.29, 1.82) is 0 Å². The van der Waals surface area contributed by atoms with Gasteiger partial charge in [-0.25, -0.2) is 9.97 Å². The molecule has 0 radical (unpaired) electrons. The quantitative estimate of drug-likeness (QED) is 0.701. The summed E-state index contributed by atoms with van der Waals surface area (Å²) in [5.41, 5.74) is 1.27. The lowest BCUT2D eigenvalue weighted by atomic mass is 10.3. The summed E-state index contributed by atoms with van der Waals surface area (Å²) in [7, 11) is 1.54. The fourth-order valence-corrected chi connectivity index (χ4v) is 3.52. The lowest BCUT2D eigenvalue weighted by molar-refractivity contribution is 0.0611. The van der Waals surface area contributed by atoms with Gasteiger partial charge < -0.3 is 4.90 Å². The lowest BCUT2D eigenvalue weighted by Gasteiger charge is -2.16. The zero-order valence-corrected chi connectivity index (χ0v) is 13.7. The van der Waals surface area contributed by atoms with Gasteiger partial charge in [0.05, 0.1) is 6.54 Å². The van der Waals surface area contributed by atoms with Crippen molar-refractivity contribution in [2.24, 2.45) is 0 Å². The molecule has 3 rings (SSSR count). The maximum atomic E-state index is 12.8. The highest BCUT2D eigenvalue weighted by Crippen LogP contribution is 2.26. The molecule has 0 unspecified atom stereocenters. The first-order chi connectivity index (χ1) is 11.1. The minimum atomic E-state index is -2.68. The smallest absolute Gasteiger partial charge is 0.319 e. The van der Waals surface area contributed by atoms with Crippen LogP contribution in [0.25, 0.3) is 10.6 Å². The van der Waals surface area contributed by atoms with Crippen LogP contribution in [-0.4, -0.2) is 32.4 Å². The van der Waals surface area contributed by atoms with Crippen molar-refractivity contribution in [3.05, 3.63) is 46.1 Å². The van der Waals surface area contributed by atoms with Crippen LogP contribution in [0.4, 0.5) is 8.78 Å². The third-order valence-electron chi connectivity index (χ3n) is 3.18. The molecule has 0 spiro atoms. The summed E-state index contributed by atoms with van der Waals surface area (Å²) in [6.07, 6.45) is 2.48. The van der Waals surface area contributed by atoms with Gasteiger partial charge in [-0.3, -0.25) is 9.36 Å². The van der Waals surface area contributed by atoms with Gasteiger partial charge in [0, 0.05) is 35.8 Å². The van der Waals surface area contributed by atoms with Crippen LogP contribution in [0.15, 0.2) is 34.6 Å². The molecule has 3 aromatic rings. The summed E-state index contributed by atoms with van der Waals surface area (Å²) < 4.78 is 26.3. The highest BCUT2D eigenvalue weighted by atomic mass is 32.1. The Bertz CT molecular complexity index is 797. The third-order valence-corrected chi connectivity index (χ3v) is 4.75. The van der Waals surface area contributed by atoms with Crippen molar-refractivity contribution in [3.8, 4) is 10.6 Å². The molecule has 0 aromatic carbocycles. The van der Waals surface area contributed by atoms with Crippen LogP contribution >= 0.6 is 22.7 Å². The molecule has 0 aliphatic carbocycles. The Morgan fingerprint density at radius 1 is 1.43 bits per heavy atom. The van der Waals surface area contributed by atoms with E-state index in [0.29, 0.717) is 5.69 Å². The SMILES string of the molecule is CN(Cc1nccn1C(F)F)C(=O)c1csc(-c2ccsc2)n1. The van der Waals surface area contributed by atoms with Crippen LogP contribution in [0.1, 0.15) is 22.9 Å². The number of carbonyl (C=O) groups excluding carboxylic acids is 1. The van der Waals surface area contributed by atoms with E-state index < -0.39 is 6.55 Å². The molecule has 1 amide bonds. The van der Waals surface area contributed by atoms with E-state index in [4.69, 9.17) is 0 Å². The van der Waals surface area contributed by atoms with Crippen molar-refractivity contribution in [3.63, 3.8) is 0 Å². The van der Waals surface area contributed by atoms with Crippen molar-refractivity contribution in [2.75, 3.05) is 7.05 Å². The molecule has 0 atom stereocenters. The number of aromatic nitrogens is 3. The van der Waals surface area contributed by atoms with Gasteiger partial charge in [0.1, 0.15) is 16.5 Å². The predicted molar refractivity (Wildman–Crippen MR) is 84.7 cm³/mol. The minimum Gasteiger partial charge on any atom is -0.333 e. The summed E-state index contributed by atoms with van der Waals surface area (Å²) in [6, 6.07) is 1.93. The number of nitrogens with zero attached hydrogens (tertiary/aromatic N) is 4. The standard InChI is InChI=1S/C14H12F2N4OS2/c1-19(6-11-17-3-4-20(11)14(15)16)13(21)10-8-23-12(18-10)9-2-5-22-7-9/h2-5,7-8,14H,6H2,1H3. The molecule has 0 bridgehead atoms. The Balaban J connectivity index is 1.74. The van der Waals surface area contributed by atoms with Crippen molar-refractivity contribution >= 4 is 28.6 Å². The average molecular weight is 354 g/mol. The van der Waals surface area contributed by atoms with Crippen molar-refractivity contribution < 1.29 is 13.6 Å². The molecule has 3 heterocycles. The number of amides is 1. The molecule has 120 valence electrons. The summed E-state index contributed by atoms with van der Waals surface area (Å²) in [4.78, 5) is 21.9. The first-order valence-corrected chi connectivity index (χ1v) is 8.42. The van der Waals surface area contributed by atoms with Crippen molar-refractivity contribution in [1.82, 2.24) is 19.4 Å². The first kappa shape index (κ1) is 15.8. The molecule has 0 aliphatic heterocycles. The fourth-order valence-electron chi connectivity index (χ4n) is 2.01. The Labute approximate surface area is 138 Å². The average Bonchev–Trinajstić information content (AvgIpc) is 3.26. The summed E-state index contributed by atoms with van der Waals surface area (Å²) in [5, 5.41) is 6.33. The Kier molecular flexibility index (Phi) is 4.49. The highest BCUT2D eigenvalue weighted by Gasteiger charge is 2.19. The van der Waals surface area contributed by atoms with E-state index >= 15 is 0 Å². The predicted octanol–water partition coefficient (Wildman–Crippen LogP) is 3.74. The van der Waals surface area contributed by atoms with Gasteiger partial charge in [0.2, 0.25) is 0 Å². The third kappa shape index (κ3) is 3.30. The summed E-state index contributed by atoms with van der Waals surface area (Å²) in [6.45, 7) is -2.69. The van der Waals surface area contributed by atoms with Gasteiger partial charge in [-0.2, -0.15) is 20.1 Å². The van der Waals surface area contributed by atoms with Gasteiger partial charge in [0.25, 0.3) is 5.91 Å². The number of rotatable bonds is 5. The van der Waals surface area contributed by atoms with Gasteiger partial charge in [-0.15, -0.1) is 11.3 Å². The zero-order chi connectivity index (χ0) is 16.4. The van der Waals surface area contributed by atoms with E-state index in [2.05, 4.69) is 9.97 Å². The molecule has 9 heteroatoms. The Morgan fingerprint density at radius 2 is 2.26 bits per heavy atom. The number of halogens is 2. The second-order valence-electron chi connectivity index (χ2n) is 4.74. The van der Waals surface area contributed by atoms with E-state index in [0.717, 1.165) is 15.1 Å². The second kappa shape index (κ2) is 6.55. The number of hydrogen-bond acceptors (Lipinski definition) is 5. The number of alkyl halides is 2. The highest BCUT2D eigenvalue weighted by molar-refractivity contribution is 7.14. The largest absolute Gasteiger partial charge is 0.333 e. The van der Waals surface area contributed by atoms with Crippen LogP contribution in [0, 0.1) is 0 Å². The van der Waals surface area contributed by atoms with Crippen LogP contribution < -0.4 is 0 Å². The molecule has 0 saturated heterocycles. The van der Waals surface area contributed by atoms with Crippen LogP contribution in [0.2, 0.25) is 0 Å². The normalized spacial score (nSPS) is 11.1. The van der Waals surface area contributed by atoms with E-state index in [1.165, 1.54) is 35.7 Å². The van der Waals surface area contributed by atoms with Crippen molar-refractivity contribution in [2.45, 2.75) is 13.1 Å². The Morgan fingerprint density at radius 3 is 2.96 bits per heavy atom. The Hall–Kier alpha value is -2.13. The van der Waals surface area contributed by atoms with E-state index in [1.54, 1.807) is 16.7 Å². The maximum absolute atomic E-state index is 12.8. The molecule has 23 heavy (non-hydrogen) atoms. The number of carbonyl (C=O) groups is 1. The summed E-state index contributed by atoms with van der Waals surface area (Å²) >= 11 is 2.93. The van der Waals surface area contributed by atoms with E-state index in [1.807, 2.05) is 16.8 Å². The van der Waals surface area contributed by atoms with Gasteiger partial charge in [-0.05, 0) is 11.4 Å². The van der Waals surface area contributed by atoms with Gasteiger partial charge in [-0.1, -0.05) is 0 Å². The second-order valence-corrected chi connectivity index (χ2v) is 6.38. The van der Waals surface area contributed by atoms with Gasteiger partial charge in [0.15, 0.2) is 0 Å². The van der Waals surface area contributed by atoms with Crippen LogP contribution in [-0.2, 0) is 6.54 Å². The van der Waals surface area contributed by atoms with Crippen LogP contribution in [0.3, 0.4) is 0 Å². The number of imidazole rings is 1. The molecule has 5 nitrogen and oxygen atoms in total. The lowest BCUT2D eigenvalue weighted by Crippen LogP contribution is -2.28. The van der Waals surface area contributed by atoms with E-state index in [-0.39, 0.29) is 18.3 Å². The maximum Gasteiger partial charge on any atom is 0.319 e. The molecule has 3 aromatic heterocycles. The molecular formula is C14H12F2N4OS2. The molecule has 0 N–H and O–H groups in total. The molecule has 0 aliphatic rings. The number of thiazole rings is 1. The number of thiophene rings is 1. The monoisotopic (exact) mass is 354 g/mol. The fraction of sp³-hybridized carbons (Fsp3) is 0.214. The zero-order valence-electron chi connectivity index (χ0n) is 12.0. The van der Waals surface area contributed by atoms with Crippen LogP contribution in [0.5, 0.6) is 0 Å². The molecule has 0 saturated carbocycles. The van der Waals surface area contributed by atoms with E-state index in [9.17, 15) is 13.6 Å².